The van der Waals surface area contributed by atoms with Crippen LogP contribution in [0.25, 0.3) is 5.70 Å². The first kappa shape index (κ1) is 20.0. The van der Waals surface area contributed by atoms with Gasteiger partial charge in [-0.2, -0.15) is 0 Å². The number of aromatic nitrogens is 2. The molecule has 1 aromatic heterocycles. The normalized spacial score (nSPS) is 16.5. The standard InChI is InChI=1S/C22H32N4/c1-6-8-19-11-9-18(10-12-21(19)23-5)13-14-24-17(4)22-20(7-2)16(3)25-15-26-22/h9-12,15,18,23-24H,4,6-8,13-14H2,1-3,5H3. The van der Waals surface area contributed by atoms with Crippen molar-refractivity contribution in [3.63, 3.8) is 0 Å². The van der Waals surface area contributed by atoms with E-state index < -0.39 is 0 Å². The Balaban J connectivity index is 1.94. The Bertz CT molecular complexity index is 713. The molecule has 1 heterocycles. The van der Waals surface area contributed by atoms with E-state index in [1.165, 1.54) is 16.8 Å². The van der Waals surface area contributed by atoms with Crippen LogP contribution in [-0.2, 0) is 6.42 Å². The third kappa shape index (κ3) is 5.07. The first-order valence-electron chi connectivity index (χ1n) is 9.61. The zero-order chi connectivity index (χ0) is 18.9. The zero-order valence-corrected chi connectivity index (χ0v) is 16.6. The molecule has 2 rings (SSSR count). The summed E-state index contributed by atoms with van der Waals surface area (Å²) in [6.07, 6.45) is 14.9. The van der Waals surface area contributed by atoms with Gasteiger partial charge >= 0.3 is 0 Å². The molecule has 0 saturated heterocycles. The van der Waals surface area contributed by atoms with Gasteiger partial charge in [0.15, 0.2) is 0 Å². The summed E-state index contributed by atoms with van der Waals surface area (Å²) in [5.74, 6) is 0.422. The number of hydrogen-bond donors (Lipinski definition) is 2. The fraction of sp³-hybridized carbons (Fsp3) is 0.455. The van der Waals surface area contributed by atoms with Crippen molar-refractivity contribution < 1.29 is 0 Å². The minimum Gasteiger partial charge on any atom is -0.388 e. The van der Waals surface area contributed by atoms with E-state index in [-0.39, 0.29) is 0 Å². The number of aryl methyl sites for hydroxylation is 1. The predicted molar refractivity (Wildman–Crippen MR) is 111 cm³/mol. The van der Waals surface area contributed by atoms with Crippen LogP contribution < -0.4 is 10.6 Å². The van der Waals surface area contributed by atoms with Gasteiger partial charge in [0.25, 0.3) is 0 Å². The second kappa shape index (κ2) is 9.95. The smallest absolute Gasteiger partial charge is 0.116 e. The molecule has 4 heteroatoms. The number of rotatable bonds is 9. The van der Waals surface area contributed by atoms with E-state index in [0.29, 0.717) is 5.92 Å². The molecule has 1 unspecified atom stereocenters. The van der Waals surface area contributed by atoms with Crippen molar-refractivity contribution in [3.05, 3.63) is 65.4 Å². The molecule has 2 N–H and O–H groups in total. The van der Waals surface area contributed by atoms with Gasteiger partial charge in [0.1, 0.15) is 6.33 Å². The molecule has 0 fully saturated rings. The van der Waals surface area contributed by atoms with Crippen molar-refractivity contribution >= 4 is 5.70 Å². The summed E-state index contributed by atoms with van der Waals surface area (Å²) in [6.45, 7) is 11.4. The summed E-state index contributed by atoms with van der Waals surface area (Å²) in [6, 6.07) is 0. The monoisotopic (exact) mass is 352 g/mol. The first-order chi connectivity index (χ1) is 12.6. The fourth-order valence-electron chi connectivity index (χ4n) is 3.30. The van der Waals surface area contributed by atoms with Crippen LogP contribution in [0.15, 0.2) is 48.5 Å². The van der Waals surface area contributed by atoms with Crippen LogP contribution in [0.5, 0.6) is 0 Å². The SMILES string of the molecule is C=C(NCCC1C=CC(CCC)=C(NC)C=C1)c1ncnc(C)c1CC. The van der Waals surface area contributed by atoms with Crippen molar-refractivity contribution in [2.75, 3.05) is 13.6 Å². The summed E-state index contributed by atoms with van der Waals surface area (Å²) in [7, 11) is 1.99. The van der Waals surface area contributed by atoms with Gasteiger partial charge in [0.2, 0.25) is 0 Å². The van der Waals surface area contributed by atoms with E-state index in [4.69, 9.17) is 0 Å². The maximum Gasteiger partial charge on any atom is 0.116 e. The molecule has 0 spiro atoms. The fourth-order valence-corrected chi connectivity index (χ4v) is 3.30. The Morgan fingerprint density at radius 1 is 1.19 bits per heavy atom. The van der Waals surface area contributed by atoms with Gasteiger partial charge in [0, 0.05) is 30.5 Å². The Morgan fingerprint density at radius 3 is 2.65 bits per heavy atom. The lowest BCUT2D eigenvalue weighted by Crippen LogP contribution is -2.17. The van der Waals surface area contributed by atoms with Gasteiger partial charge in [0.05, 0.1) is 11.4 Å². The van der Waals surface area contributed by atoms with Crippen LogP contribution in [0.3, 0.4) is 0 Å². The largest absolute Gasteiger partial charge is 0.388 e. The highest BCUT2D eigenvalue weighted by atomic mass is 14.9. The van der Waals surface area contributed by atoms with Crippen molar-refractivity contribution in [1.82, 2.24) is 20.6 Å². The molecule has 0 aliphatic heterocycles. The number of nitrogens with one attached hydrogen (secondary N) is 2. The first-order valence-corrected chi connectivity index (χ1v) is 9.61. The number of allylic oxidation sites excluding steroid dienone is 5. The summed E-state index contributed by atoms with van der Waals surface area (Å²) in [5, 5.41) is 6.76. The zero-order valence-electron chi connectivity index (χ0n) is 16.6. The van der Waals surface area contributed by atoms with Crippen LogP contribution in [0.4, 0.5) is 0 Å². The molecule has 1 atom stereocenters. The summed E-state index contributed by atoms with van der Waals surface area (Å²) >= 11 is 0. The molecule has 1 aromatic rings. The van der Waals surface area contributed by atoms with E-state index >= 15 is 0 Å². The van der Waals surface area contributed by atoms with Crippen LogP contribution in [0.2, 0.25) is 0 Å². The van der Waals surface area contributed by atoms with Crippen LogP contribution >= 0.6 is 0 Å². The van der Waals surface area contributed by atoms with Gasteiger partial charge in [-0.1, -0.05) is 45.1 Å². The van der Waals surface area contributed by atoms with Crippen molar-refractivity contribution in [2.24, 2.45) is 5.92 Å². The molecule has 1 aliphatic rings. The lowest BCUT2D eigenvalue weighted by molar-refractivity contribution is 0.676. The number of nitrogens with zero attached hydrogens (tertiary/aromatic N) is 2. The van der Waals surface area contributed by atoms with E-state index in [1.807, 2.05) is 14.0 Å². The average Bonchev–Trinajstić information content (AvgIpc) is 2.84. The molecule has 0 saturated carbocycles. The lowest BCUT2D eigenvalue weighted by atomic mass is 10.0. The third-order valence-electron chi connectivity index (χ3n) is 4.81. The Morgan fingerprint density at radius 2 is 1.96 bits per heavy atom. The molecule has 0 amide bonds. The lowest BCUT2D eigenvalue weighted by Gasteiger charge is -2.14. The second-order valence-electron chi connectivity index (χ2n) is 6.65. The van der Waals surface area contributed by atoms with Crippen molar-refractivity contribution in [1.29, 1.82) is 0 Å². The van der Waals surface area contributed by atoms with E-state index in [2.05, 4.69) is 65.3 Å². The third-order valence-corrected chi connectivity index (χ3v) is 4.81. The minimum atomic E-state index is 0.422. The predicted octanol–water partition coefficient (Wildman–Crippen LogP) is 4.31. The van der Waals surface area contributed by atoms with Crippen LogP contribution in [0, 0.1) is 12.8 Å². The average molecular weight is 353 g/mol. The molecule has 1 aliphatic carbocycles. The van der Waals surface area contributed by atoms with Gasteiger partial charge in [-0.3, -0.25) is 0 Å². The highest BCUT2D eigenvalue weighted by Gasteiger charge is 2.11. The van der Waals surface area contributed by atoms with E-state index in [0.717, 1.165) is 49.3 Å². The second-order valence-corrected chi connectivity index (χ2v) is 6.65. The quantitative estimate of drug-likeness (QED) is 0.695. The summed E-state index contributed by atoms with van der Waals surface area (Å²) in [4.78, 5) is 8.71. The highest BCUT2D eigenvalue weighted by Crippen LogP contribution is 2.21. The summed E-state index contributed by atoms with van der Waals surface area (Å²) in [5.41, 5.74) is 6.64. The Labute approximate surface area is 158 Å². The number of likely N-dealkylation sites (N-methyl/N-ethyl adjacent to an activating group) is 1. The van der Waals surface area contributed by atoms with Crippen LogP contribution in [0.1, 0.15) is 50.1 Å². The maximum absolute atomic E-state index is 4.43. The molecule has 0 bridgehead atoms. The van der Waals surface area contributed by atoms with Gasteiger partial charge in [-0.25, -0.2) is 9.97 Å². The minimum absolute atomic E-state index is 0.422. The summed E-state index contributed by atoms with van der Waals surface area (Å²) < 4.78 is 0. The van der Waals surface area contributed by atoms with Crippen molar-refractivity contribution in [3.8, 4) is 0 Å². The molecule has 140 valence electrons. The van der Waals surface area contributed by atoms with Gasteiger partial charge < -0.3 is 10.6 Å². The van der Waals surface area contributed by atoms with E-state index in [1.54, 1.807) is 6.33 Å². The highest BCUT2D eigenvalue weighted by molar-refractivity contribution is 5.61. The van der Waals surface area contributed by atoms with Gasteiger partial charge in [-0.15, -0.1) is 0 Å². The van der Waals surface area contributed by atoms with Crippen LogP contribution in [-0.4, -0.2) is 23.6 Å². The molecular weight excluding hydrogens is 320 g/mol. The molecule has 0 aromatic carbocycles. The topological polar surface area (TPSA) is 49.8 Å². The molecule has 4 nitrogen and oxygen atoms in total. The molecular formula is C22H32N4. The number of hydrogen-bond acceptors (Lipinski definition) is 4. The molecule has 26 heavy (non-hydrogen) atoms. The Kier molecular flexibility index (Phi) is 7.64. The molecule has 0 radical (unpaired) electrons. The maximum atomic E-state index is 4.43. The van der Waals surface area contributed by atoms with Crippen molar-refractivity contribution in [2.45, 2.75) is 46.5 Å². The van der Waals surface area contributed by atoms with Gasteiger partial charge in [-0.05, 0) is 43.8 Å². The Hall–Kier alpha value is -2.36. The van der Waals surface area contributed by atoms with E-state index in [9.17, 15) is 0 Å².